The van der Waals surface area contributed by atoms with Crippen LogP contribution in [0.4, 0.5) is 0 Å². The molecule has 2 amide bonds. The Labute approximate surface area is 145 Å². The molecule has 1 aromatic carbocycles. The topological polar surface area (TPSA) is 80.8 Å². The fourth-order valence-electron chi connectivity index (χ4n) is 3.22. The number of esters is 1. The number of hydrogen-bond donors (Lipinski definition) is 0. The van der Waals surface area contributed by atoms with Crippen molar-refractivity contribution >= 4 is 23.6 Å². The zero-order chi connectivity index (χ0) is 17.8. The highest BCUT2D eigenvalue weighted by molar-refractivity contribution is 6.05. The number of carbonyl (C=O) groups is 4. The number of allylic oxidation sites excluding steroid dienone is 2. The summed E-state index contributed by atoms with van der Waals surface area (Å²) >= 11 is 0. The SMILES string of the molecule is O=C(CCN1C(=O)[C@H]2CC=CC[C@H]2C1=O)OCC(=O)c1ccccc1. The molecule has 0 bridgehead atoms. The van der Waals surface area contributed by atoms with Crippen LogP contribution in [0.25, 0.3) is 0 Å². The molecule has 1 aromatic rings. The molecule has 0 unspecified atom stereocenters. The maximum Gasteiger partial charge on any atom is 0.308 e. The zero-order valence-corrected chi connectivity index (χ0v) is 13.7. The van der Waals surface area contributed by atoms with Gasteiger partial charge in [0.2, 0.25) is 11.8 Å². The van der Waals surface area contributed by atoms with E-state index in [9.17, 15) is 19.2 Å². The first-order valence-electron chi connectivity index (χ1n) is 8.32. The van der Waals surface area contributed by atoms with Crippen molar-refractivity contribution in [1.82, 2.24) is 4.90 Å². The number of hydrogen-bond acceptors (Lipinski definition) is 5. The number of nitrogens with zero attached hydrogens (tertiary/aromatic N) is 1. The molecule has 0 spiro atoms. The smallest absolute Gasteiger partial charge is 0.308 e. The van der Waals surface area contributed by atoms with Crippen molar-refractivity contribution in [2.75, 3.05) is 13.2 Å². The van der Waals surface area contributed by atoms with Crippen molar-refractivity contribution in [2.24, 2.45) is 11.8 Å². The highest BCUT2D eigenvalue weighted by atomic mass is 16.5. The summed E-state index contributed by atoms with van der Waals surface area (Å²) in [7, 11) is 0. The van der Waals surface area contributed by atoms with Crippen LogP contribution >= 0.6 is 0 Å². The molecule has 1 aliphatic heterocycles. The average Bonchev–Trinajstić information content (AvgIpc) is 2.89. The second-order valence-corrected chi connectivity index (χ2v) is 6.18. The van der Waals surface area contributed by atoms with Gasteiger partial charge in [-0.05, 0) is 12.8 Å². The van der Waals surface area contributed by atoms with Crippen molar-refractivity contribution in [2.45, 2.75) is 19.3 Å². The van der Waals surface area contributed by atoms with Gasteiger partial charge in [-0.25, -0.2) is 0 Å². The van der Waals surface area contributed by atoms with Crippen LogP contribution in [-0.4, -0.2) is 41.6 Å². The van der Waals surface area contributed by atoms with Crippen molar-refractivity contribution < 1.29 is 23.9 Å². The summed E-state index contributed by atoms with van der Waals surface area (Å²) in [4.78, 5) is 49.4. The quantitative estimate of drug-likeness (QED) is 0.341. The summed E-state index contributed by atoms with van der Waals surface area (Å²) in [6.07, 6.45) is 4.87. The largest absolute Gasteiger partial charge is 0.457 e. The monoisotopic (exact) mass is 341 g/mol. The summed E-state index contributed by atoms with van der Waals surface area (Å²) in [5.74, 6) is -1.92. The van der Waals surface area contributed by atoms with Crippen LogP contribution in [0.15, 0.2) is 42.5 Å². The third-order valence-corrected chi connectivity index (χ3v) is 4.60. The van der Waals surface area contributed by atoms with Crippen molar-refractivity contribution in [1.29, 1.82) is 0 Å². The number of ketones is 1. The molecule has 6 nitrogen and oxygen atoms in total. The highest BCUT2D eigenvalue weighted by Crippen LogP contribution is 2.34. The van der Waals surface area contributed by atoms with Crippen LogP contribution in [0.2, 0.25) is 0 Å². The predicted molar refractivity (Wildman–Crippen MR) is 88.4 cm³/mol. The maximum atomic E-state index is 12.3. The first-order valence-corrected chi connectivity index (χ1v) is 8.32. The summed E-state index contributed by atoms with van der Waals surface area (Å²) in [5.41, 5.74) is 0.469. The van der Waals surface area contributed by atoms with E-state index < -0.39 is 5.97 Å². The van der Waals surface area contributed by atoms with Gasteiger partial charge in [-0.1, -0.05) is 42.5 Å². The first kappa shape index (κ1) is 17.1. The molecule has 130 valence electrons. The van der Waals surface area contributed by atoms with Gasteiger partial charge in [0.05, 0.1) is 18.3 Å². The van der Waals surface area contributed by atoms with Crippen molar-refractivity contribution in [3.63, 3.8) is 0 Å². The predicted octanol–water partition coefficient (Wildman–Crippen LogP) is 1.75. The lowest BCUT2D eigenvalue weighted by Crippen LogP contribution is -2.33. The normalized spacial score (nSPS) is 22.0. The van der Waals surface area contributed by atoms with Gasteiger partial charge in [-0.3, -0.25) is 24.1 Å². The van der Waals surface area contributed by atoms with Gasteiger partial charge in [-0.15, -0.1) is 0 Å². The van der Waals surface area contributed by atoms with Crippen LogP contribution < -0.4 is 0 Å². The maximum absolute atomic E-state index is 12.3. The molecule has 1 fully saturated rings. The van der Waals surface area contributed by atoms with Crippen LogP contribution in [0.1, 0.15) is 29.6 Å². The number of amides is 2. The molecule has 0 N–H and O–H groups in total. The lowest BCUT2D eigenvalue weighted by atomic mass is 9.85. The van der Waals surface area contributed by atoms with E-state index in [-0.39, 0.29) is 49.0 Å². The van der Waals surface area contributed by atoms with Gasteiger partial charge in [0, 0.05) is 12.1 Å². The summed E-state index contributed by atoms with van der Waals surface area (Å²) in [6, 6.07) is 8.54. The van der Waals surface area contributed by atoms with E-state index >= 15 is 0 Å². The molecular weight excluding hydrogens is 322 g/mol. The lowest BCUT2D eigenvalue weighted by Gasteiger charge is -2.14. The van der Waals surface area contributed by atoms with E-state index in [1.807, 2.05) is 12.2 Å². The molecule has 0 aromatic heterocycles. The molecule has 2 atom stereocenters. The molecule has 0 radical (unpaired) electrons. The van der Waals surface area contributed by atoms with Crippen LogP contribution in [0, 0.1) is 11.8 Å². The van der Waals surface area contributed by atoms with Crippen LogP contribution in [0.3, 0.4) is 0 Å². The van der Waals surface area contributed by atoms with Gasteiger partial charge < -0.3 is 4.74 Å². The van der Waals surface area contributed by atoms with Gasteiger partial charge in [0.25, 0.3) is 0 Å². The Balaban J connectivity index is 1.47. The molecule has 0 saturated carbocycles. The minimum atomic E-state index is -0.599. The number of ether oxygens (including phenoxy) is 1. The fourth-order valence-corrected chi connectivity index (χ4v) is 3.22. The van der Waals surface area contributed by atoms with E-state index in [1.165, 1.54) is 0 Å². The zero-order valence-electron chi connectivity index (χ0n) is 13.7. The highest BCUT2D eigenvalue weighted by Gasteiger charge is 2.46. The average molecular weight is 341 g/mol. The number of benzene rings is 1. The minimum absolute atomic E-state index is 0.00300. The van der Waals surface area contributed by atoms with Crippen LogP contribution in [-0.2, 0) is 19.1 Å². The first-order chi connectivity index (χ1) is 12.1. The van der Waals surface area contributed by atoms with Crippen molar-refractivity contribution in [3.05, 3.63) is 48.0 Å². The van der Waals surface area contributed by atoms with E-state index in [2.05, 4.69) is 0 Å². The number of carbonyl (C=O) groups excluding carboxylic acids is 4. The van der Waals surface area contributed by atoms with Crippen LogP contribution in [0.5, 0.6) is 0 Å². The molecule has 1 saturated heterocycles. The molecule has 6 heteroatoms. The van der Waals surface area contributed by atoms with Crippen molar-refractivity contribution in [3.8, 4) is 0 Å². The molecular formula is C19H19NO5. The van der Waals surface area contributed by atoms with E-state index in [0.717, 1.165) is 4.90 Å². The van der Waals surface area contributed by atoms with Gasteiger partial charge in [0.15, 0.2) is 12.4 Å². The van der Waals surface area contributed by atoms with Gasteiger partial charge in [0.1, 0.15) is 0 Å². The number of imide groups is 1. The third-order valence-electron chi connectivity index (χ3n) is 4.60. The molecule has 3 rings (SSSR count). The molecule has 1 heterocycles. The van der Waals surface area contributed by atoms with E-state index in [1.54, 1.807) is 30.3 Å². The van der Waals surface area contributed by atoms with Gasteiger partial charge >= 0.3 is 5.97 Å². The molecule has 25 heavy (non-hydrogen) atoms. The summed E-state index contributed by atoms with van der Waals surface area (Å²) < 4.78 is 4.96. The number of fused-ring (bicyclic) bond motifs is 1. The second kappa shape index (κ2) is 7.42. The summed E-state index contributed by atoms with van der Waals surface area (Å²) in [6.45, 7) is -0.344. The second-order valence-electron chi connectivity index (χ2n) is 6.18. The Kier molecular flexibility index (Phi) is 5.07. The Morgan fingerprint density at radius 2 is 1.60 bits per heavy atom. The lowest BCUT2D eigenvalue weighted by molar-refractivity contribution is -0.145. The molecule has 1 aliphatic carbocycles. The van der Waals surface area contributed by atoms with E-state index in [4.69, 9.17) is 4.74 Å². The standard InChI is InChI=1S/C19H19NO5/c21-16(13-6-2-1-3-7-13)12-25-17(22)10-11-20-18(23)14-8-4-5-9-15(14)19(20)24/h1-7,14-15H,8-12H2/t14-,15+. The fraction of sp³-hybridized carbons (Fsp3) is 0.368. The Morgan fingerprint density at radius 3 is 2.20 bits per heavy atom. The number of Topliss-reactive ketones (excluding diaryl/α,β-unsaturated/α-hetero) is 1. The Bertz CT molecular complexity index is 699. The molecule has 2 aliphatic rings. The number of likely N-dealkylation sites (tertiary alicyclic amines) is 1. The minimum Gasteiger partial charge on any atom is -0.457 e. The Morgan fingerprint density at radius 1 is 1.00 bits per heavy atom. The van der Waals surface area contributed by atoms with Gasteiger partial charge in [-0.2, -0.15) is 0 Å². The van der Waals surface area contributed by atoms with E-state index in [0.29, 0.717) is 18.4 Å². The summed E-state index contributed by atoms with van der Waals surface area (Å²) in [5, 5.41) is 0. The third kappa shape index (κ3) is 3.68. The number of rotatable bonds is 6. The Hall–Kier alpha value is -2.76.